The molecule has 0 radical (unpaired) electrons. The molecule has 1 heterocycles. The maximum Gasteiger partial charge on any atom is 0.405 e. The third-order valence-corrected chi connectivity index (χ3v) is 3.08. The Balaban J connectivity index is 1.96. The lowest BCUT2D eigenvalue weighted by atomic mass is 10.2. The number of hydrogen-bond donors (Lipinski definition) is 1. The fraction of sp³-hybridized carbons (Fsp3) is 0.312. The Labute approximate surface area is 147 Å². The highest BCUT2D eigenvalue weighted by molar-refractivity contribution is 5.94. The molecule has 0 bridgehead atoms. The van der Waals surface area contributed by atoms with Gasteiger partial charge in [0.15, 0.2) is 0 Å². The van der Waals surface area contributed by atoms with Gasteiger partial charge in [-0.3, -0.25) is 4.79 Å². The van der Waals surface area contributed by atoms with Crippen LogP contribution in [-0.4, -0.2) is 42.8 Å². The van der Waals surface area contributed by atoms with Gasteiger partial charge in [-0.15, -0.1) is 0 Å². The van der Waals surface area contributed by atoms with Crippen molar-refractivity contribution in [3.8, 4) is 17.6 Å². The second kappa shape index (κ2) is 8.37. The topological polar surface area (TPSA) is 82.6 Å². The van der Waals surface area contributed by atoms with Gasteiger partial charge in [0.1, 0.15) is 18.9 Å². The number of benzene rings is 1. The molecule has 0 saturated carbocycles. The number of alkyl halides is 3. The highest BCUT2D eigenvalue weighted by atomic mass is 19.4. The zero-order valence-electron chi connectivity index (χ0n) is 14.0. The van der Waals surface area contributed by atoms with Gasteiger partial charge in [0.2, 0.25) is 5.88 Å². The SMILES string of the molecule is COc1cc(COc2ccc(C(=O)NCC(F)(F)F)cc2)nc(OC)n1. The standard InChI is InChI=1S/C16H16F3N3O4/c1-24-13-7-11(21-15(22-13)25-2)8-26-12-5-3-10(4-6-12)14(23)20-9-16(17,18)19/h3-7H,8-9H2,1-2H3,(H,20,23). The molecule has 0 spiro atoms. The molecule has 0 saturated heterocycles. The predicted octanol–water partition coefficient (Wildman–Crippen LogP) is 2.36. The molecule has 26 heavy (non-hydrogen) atoms. The second-order valence-corrected chi connectivity index (χ2v) is 5.00. The lowest BCUT2D eigenvalue weighted by Gasteiger charge is -2.10. The van der Waals surface area contributed by atoms with Gasteiger partial charge >= 0.3 is 12.2 Å². The lowest BCUT2D eigenvalue weighted by molar-refractivity contribution is -0.123. The number of carbonyl (C=O) groups excluding carboxylic acids is 1. The van der Waals surface area contributed by atoms with Gasteiger partial charge in [0.25, 0.3) is 5.91 Å². The average Bonchev–Trinajstić information content (AvgIpc) is 2.63. The zero-order chi connectivity index (χ0) is 19.2. The average molecular weight is 371 g/mol. The highest BCUT2D eigenvalue weighted by Crippen LogP contribution is 2.18. The molecule has 0 aliphatic heterocycles. The molecule has 0 aliphatic carbocycles. The summed E-state index contributed by atoms with van der Waals surface area (Å²) < 4.78 is 51.8. The van der Waals surface area contributed by atoms with E-state index in [1.165, 1.54) is 38.5 Å². The maximum absolute atomic E-state index is 12.1. The summed E-state index contributed by atoms with van der Waals surface area (Å²) in [5.41, 5.74) is 0.590. The monoisotopic (exact) mass is 371 g/mol. The van der Waals surface area contributed by atoms with Crippen LogP contribution in [0.2, 0.25) is 0 Å². The molecule has 0 fully saturated rings. The Morgan fingerprint density at radius 3 is 2.38 bits per heavy atom. The summed E-state index contributed by atoms with van der Waals surface area (Å²) in [6.45, 7) is -1.31. The van der Waals surface area contributed by atoms with Gasteiger partial charge < -0.3 is 19.5 Å². The van der Waals surface area contributed by atoms with Crippen LogP contribution < -0.4 is 19.5 Å². The first-order valence-corrected chi connectivity index (χ1v) is 7.34. The number of halogens is 3. The lowest BCUT2D eigenvalue weighted by Crippen LogP contribution is -2.33. The van der Waals surface area contributed by atoms with Gasteiger partial charge in [-0.05, 0) is 24.3 Å². The van der Waals surface area contributed by atoms with E-state index in [1.807, 2.05) is 0 Å². The van der Waals surface area contributed by atoms with Crippen molar-refractivity contribution in [1.29, 1.82) is 0 Å². The number of ether oxygens (including phenoxy) is 3. The fourth-order valence-corrected chi connectivity index (χ4v) is 1.86. The first kappa shape index (κ1) is 19.3. The molecule has 0 unspecified atom stereocenters. The van der Waals surface area contributed by atoms with Crippen LogP contribution in [0, 0.1) is 0 Å². The molecule has 1 aromatic carbocycles. The van der Waals surface area contributed by atoms with Crippen LogP contribution in [0.3, 0.4) is 0 Å². The number of amides is 1. The number of nitrogens with zero attached hydrogens (tertiary/aromatic N) is 2. The minimum atomic E-state index is -4.46. The van der Waals surface area contributed by atoms with Crippen LogP contribution in [0.15, 0.2) is 30.3 Å². The van der Waals surface area contributed by atoms with Crippen molar-refractivity contribution in [2.24, 2.45) is 0 Å². The van der Waals surface area contributed by atoms with E-state index in [2.05, 4.69) is 9.97 Å². The smallest absolute Gasteiger partial charge is 0.405 e. The largest absolute Gasteiger partial charge is 0.487 e. The molecule has 1 N–H and O–H groups in total. The number of rotatable bonds is 7. The molecule has 140 valence electrons. The van der Waals surface area contributed by atoms with Gasteiger partial charge in [-0.2, -0.15) is 23.1 Å². The normalized spacial score (nSPS) is 11.0. The van der Waals surface area contributed by atoms with Crippen molar-refractivity contribution < 1.29 is 32.2 Å². The second-order valence-electron chi connectivity index (χ2n) is 5.00. The zero-order valence-corrected chi connectivity index (χ0v) is 14.0. The van der Waals surface area contributed by atoms with E-state index < -0.39 is 18.6 Å². The minimum Gasteiger partial charge on any atom is -0.487 e. The van der Waals surface area contributed by atoms with Crippen molar-refractivity contribution in [2.45, 2.75) is 12.8 Å². The molecule has 7 nitrogen and oxygen atoms in total. The summed E-state index contributed by atoms with van der Waals surface area (Å²) in [7, 11) is 2.87. The summed E-state index contributed by atoms with van der Waals surface area (Å²) in [5.74, 6) is -0.0970. The summed E-state index contributed by atoms with van der Waals surface area (Å²) in [4.78, 5) is 19.7. The fourth-order valence-electron chi connectivity index (χ4n) is 1.86. The van der Waals surface area contributed by atoms with Crippen LogP contribution in [0.5, 0.6) is 17.6 Å². The minimum absolute atomic E-state index is 0.0782. The van der Waals surface area contributed by atoms with Gasteiger partial charge in [-0.1, -0.05) is 0 Å². The maximum atomic E-state index is 12.1. The first-order valence-electron chi connectivity index (χ1n) is 7.34. The Kier molecular flexibility index (Phi) is 6.21. The Hall–Kier alpha value is -3.04. The molecule has 0 atom stereocenters. The van der Waals surface area contributed by atoms with E-state index in [4.69, 9.17) is 14.2 Å². The third kappa shape index (κ3) is 5.80. The molecular formula is C16H16F3N3O4. The van der Waals surface area contributed by atoms with Crippen molar-refractivity contribution in [1.82, 2.24) is 15.3 Å². The third-order valence-electron chi connectivity index (χ3n) is 3.08. The van der Waals surface area contributed by atoms with Crippen LogP contribution >= 0.6 is 0 Å². The van der Waals surface area contributed by atoms with Gasteiger partial charge in [-0.25, -0.2) is 0 Å². The number of carbonyl (C=O) groups is 1. The van der Waals surface area contributed by atoms with Gasteiger partial charge in [0, 0.05) is 11.6 Å². The number of nitrogens with one attached hydrogen (secondary N) is 1. The van der Waals surface area contributed by atoms with Crippen molar-refractivity contribution in [3.05, 3.63) is 41.6 Å². The summed E-state index contributed by atoms with van der Waals surface area (Å²) >= 11 is 0. The predicted molar refractivity (Wildman–Crippen MR) is 84.3 cm³/mol. The molecule has 0 aliphatic rings. The Morgan fingerprint density at radius 2 is 1.81 bits per heavy atom. The Morgan fingerprint density at radius 1 is 1.12 bits per heavy atom. The molecule has 1 aromatic heterocycles. The van der Waals surface area contributed by atoms with E-state index in [1.54, 1.807) is 11.4 Å². The van der Waals surface area contributed by atoms with Crippen LogP contribution in [-0.2, 0) is 6.61 Å². The molecule has 2 rings (SSSR count). The number of methoxy groups -OCH3 is 2. The first-order chi connectivity index (χ1) is 12.3. The van der Waals surface area contributed by atoms with Crippen LogP contribution in [0.1, 0.15) is 16.1 Å². The van der Waals surface area contributed by atoms with Crippen molar-refractivity contribution >= 4 is 5.91 Å². The van der Waals surface area contributed by atoms with E-state index in [0.29, 0.717) is 17.3 Å². The number of aromatic nitrogens is 2. The van der Waals surface area contributed by atoms with E-state index in [9.17, 15) is 18.0 Å². The summed E-state index contributed by atoms with van der Waals surface area (Å²) in [5, 5.41) is 1.79. The van der Waals surface area contributed by atoms with E-state index >= 15 is 0 Å². The number of hydrogen-bond acceptors (Lipinski definition) is 6. The van der Waals surface area contributed by atoms with E-state index in [-0.39, 0.29) is 18.2 Å². The molecule has 1 amide bonds. The van der Waals surface area contributed by atoms with Crippen LogP contribution in [0.4, 0.5) is 13.2 Å². The van der Waals surface area contributed by atoms with Crippen LogP contribution in [0.25, 0.3) is 0 Å². The van der Waals surface area contributed by atoms with Crippen molar-refractivity contribution in [3.63, 3.8) is 0 Å². The molecule has 10 heteroatoms. The summed E-state index contributed by atoms with van der Waals surface area (Å²) in [6, 6.07) is 7.36. The Bertz CT molecular complexity index is 729. The molecule has 2 aromatic rings. The van der Waals surface area contributed by atoms with Gasteiger partial charge in [0.05, 0.1) is 19.9 Å². The summed E-state index contributed by atoms with van der Waals surface area (Å²) in [6.07, 6.45) is -4.46. The quantitative estimate of drug-likeness (QED) is 0.805. The highest BCUT2D eigenvalue weighted by Gasteiger charge is 2.27. The molecular weight excluding hydrogens is 355 g/mol. The van der Waals surface area contributed by atoms with Crippen molar-refractivity contribution in [2.75, 3.05) is 20.8 Å². The van der Waals surface area contributed by atoms with E-state index in [0.717, 1.165) is 0 Å².